The highest BCUT2D eigenvalue weighted by Gasteiger charge is 2.34. The normalized spacial score (nSPS) is 31.4. The van der Waals surface area contributed by atoms with Crippen LogP contribution in [0.4, 0.5) is 0 Å². The molecule has 2 atom stereocenters. The monoisotopic (exact) mass is 256 g/mol. The summed E-state index contributed by atoms with van der Waals surface area (Å²) in [5.74, 6) is 1.78. The van der Waals surface area contributed by atoms with Gasteiger partial charge in [0.2, 0.25) is 0 Å². The van der Waals surface area contributed by atoms with Crippen molar-refractivity contribution in [2.24, 2.45) is 5.92 Å². The lowest BCUT2D eigenvalue weighted by Crippen LogP contribution is -2.40. The minimum atomic E-state index is 0.764. The standard InChI is InChI=1S/C17H24N2/c1-3-13(9-15(4-1)14-6-7-14)10-19-11-16-5-2-8-18-17(16)12-19/h1,3-4,9,14,16-18H,2,5-8,10-12H2. The first kappa shape index (κ1) is 11.9. The van der Waals surface area contributed by atoms with Crippen molar-refractivity contribution in [3.05, 3.63) is 35.4 Å². The molecular formula is C17H24N2. The van der Waals surface area contributed by atoms with E-state index in [2.05, 4.69) is 34.5 Å². The molecule has 3 aliphatic rings. The molecule has 2 nitrogen and oxygen atoms in total. The molecule has 2 saturated heterocycles. The van der Waals surface area contributed by atoms with Gasteiger partial charge in [0.1, 0.15) is 0 Å². The summed E-state index contributed by atoms with van der Waals surface area (Å²) in [7, 11) is 0. The Morgan fingerprint density at radius 2 is 2.11 bits per heavy atom. The lowest BCUT2D eigenvalue weighted by Gasteiger charge is -2.24. The molecule has 0 amide bonds. The SMILES string of the molecule is c1cc(CN2CC3CCCNC3C2)cc(C2CC2)c1. The van der Waals surface area contributed by atoms with Gasteiger partial charge in [0.05, 0.1) is 0 Å². The summed E-state index contributed by atoms with van der Waals surface area (Å²) in [5, 5.41) is 3.69. The van der Waals surface area contributed by atoms with Gasteiger partial charge in [-0.1, -0.05) is 24.3 Å². The molecule has 2 aliphatic heterocycles. The Morgan fingerprint density at radius 3 is 2.95 bits per heavy atom. The second-order valence-electron chi connectivity index (χ2n) is 6.68. The summed E-state index contributed by atoms with van der Waals surface area (Å²) in [6, 6.07) is 10.1. The molecule has 2 heterocycles. The highest BCUT2D eigenvalue weighted by atomic mass is 15.2. The van der Waals surface area contributed by atoms with Crippen molar-refractivity contribution in [1.29, 1.82) is 0 Å². The van der Waals surface area contributed by atoms with Crippen molar-refractivity contribution in [1.82, 2.24) is 10.2 Å². The Balaban J connectivity index is 1.42. The van der Waals surface area contributed by atoms with E-state index in [1.807, 2.05) is 0 Å². The molecule has 4 rings (SSSR count). The van der Waals surface area contributed by atoms with Crippen LogP contribution in [-0.4, -0.2) is 30.6 Å². The summed E-state index contributed by atoms with van der Waals surface area (Å²) < 4.78 is 0. The Morgan fingerprint density at radius 1 is 1.16 bits per heavy atom. The molecule has 0 radical (unpaired) electrons. The third-order valence-electron chi connectivity index (χ3n) is 5.08. The van der Waals surface area contributed by atoms with Gasteiger partial charge in [-0.15, -0.1) is 0 Å². The summed E-state index contributed by atoms with van der Waals surface area (Å²) in [4.78, 5) is 2.65. The molecule has 0 bridgehead atoms. The number of hydrogen-bond acceptors (Lipinski definition) is 2. The predicted octanol–water partition coefficient (Wildman–Crippen LogP) is 2.75. The second kappa shape index (κ2) is 4.92. The van der Waals surface area contributed by atoms with Gasteiger partial charge in [-0.05, 0) is 55.2 Å². The molecule has 0 spiro atoms. The Kier molecular flexibility index (Phi) is 3.08. The van der Waals surface area contributed by atoms with Crippen LogP contribution in [0.2, 0.25) is 0 Å². The summed E-state index contributed by atoms with van der Waals surface area (Å²) >= 11 is 0. The van der Waals surface area contributed by atoms with E-state index >= 15 is 0 Å². The Labute approximate surface area is 116 Å². The molecule has 1 saturated carbocycles. The van der Waals surface area contributed by atoms with Crippen LogP contribution in [0.5, 0.6) is 0 Å². The van der Waals surface area contributed by atoms with Gasteiger partial charge in [-0.3, -0.25) is 4.90 Å². The number of benzene rings is 1. The van der Waals surface area contributed by atoms with Crippen LogP contribution in [0, 0.1) is 5.92 Å². The minimum absolute atomic E-state index is 0.764. The van der Waals surface area contributed by atoms with Gasteiger partial charge in [0.25, 0.3) is 0 Å². The molecule has 1 aromatic carbocycles. The smallest absolute Gasteiger partial charge is 0.0235 e. The topological polar surface area (TPSA) is 15.3 Å². The second-order valence-corrected chi connectivity index (χ2v) is 6.68. The van der Waals surface area contributed by atoms with E-state index < -0.39 is 0 Å². The highest BCUT2D eigenvalue weighted by molar-refractivity contribution is 5.29. The summed E-state index contributed by atoms with van der Waals surface area (Å²) in [6.07, 6.45) is 5.60. The molecule has 102 valence electrons. The van der Waals surface area contributed by atoms with Crippen LogP contribution in [0.3, 0.4) is 0 Å². The van der Waals surface area contributed by atoms with Crippen molar-refractivity contribution in [2.45, 2.75) is 44.2 Å². The first-order valence-corrected chi connectivity index (χ1v) is 7.93. The van der Waals surface area contributed by atoms with Crippen LogP contribution >= 0.6 is 0 Å². The first-order chi connectivity index (χ1) is 9.38. The lowest BCUT2D eigenvalue weighted by atomic mass is 9.94. The molecule has 0 aromatic heterocycles. The fraction of sp³-hybridized carbons (Fsp3) is 0.647. The van der Waals surface area contributed by atoms with Crippen molar-refractivity contribution >= 4 is 0 Å². The number of piperidine rings is 1. The van der Waals surface area contributed by atoms with Crippen LogP contribution in [-0.2, 0) is 6.54 Å². The molecule has 1 aliphatic carbocycles. The molecule has 1 aromatic rings. The van der Waals surface area contributed by atoms with E-state index in [0.717, 1.165) is 24.4 Å². The third kappa shape index (κ3) is 2.56. The van der Waals surface area contributed by atoms with E-state index in [1.165, 1.54) is 50.9 Å². The molecule has 3 fully saturated rings. The number of nitrogens with one attached hydrogen (secondary N) is 1. The molecule has 2 unspecified atom stereocenters. The zero-order valence-electron chi connectivity index (χ0n) is 11.6. The van der Waals surface area contributed by atoms with Gasteiger partial charge in [0.15, 0.2) is 0 Å². The molecule has 19 heavy (non-hydrogen) atoms. The van der Waals surface area contributed by atoms with Gasteiger partial charge < -0.3 is 5.32 Å². The predicted molar refractivity (Wildman–Crippen MR) is 78.2 cm³/mol. The minimum Gasteiger partial charge on any atom is -0.312 e. The largest absolute Gasteiger partial charge is 0.312 e. The highest BCUT2D eigenvalue weighted by Crippen LogP contribution is 2.40. The van der Waals surface area contributed by atoms with Gasteiger partial charge >= 0.3 is 0 Å². The van der Waals surface area contributed by atoms with Crippen LogP contribution in [0.1, 0.15) is 42.7 Å². The molecule has 2 heteroatoms. The maximum absolute atomic E-state index is 3.69. The summed E-state index contributed by atoms with van der Waals surface area (Å²) in [5.41, 5.74) is 3.09. The first-order valence-electron chi connectivity index (χ1n) is 7.93. The van der Waals surface area contributed by atoms with E-state index in [0.29, 0.717) is 0 Å². The quantitative estimate of drug-likeness (QED) is 0.894. The van der Waals surface area contributed by atoms with E-state index in [4.69, 9.17) is 0 Å². The Bertz CT molecular complexity index is 438. The van der Waals surface area contributed by atoms with Gasteiger partial charge in [-0.2, -0.15) is 0 Å². The van der Waals surface area contributed by atoms with Crippen molar-refractivity contribution < 1.29 is 0 Å². The fourth-order valence-corrected chi connectivity index (χ4v) is 3.89. The van der Waals surface area contributed by atoms with Crippen molar-refractivity contribution in [3.8, 4) is 0 Å². The molecule has 1 N–H and O–H groups in total. The average Bonchev–Trinajstić information content (AvgIpc) is 3.20. The summed E-state index contributed by atoms with van der Waals surface area (Å²) in [6.45, 7) is 4.92. The van der Waals surface area contributed by atoms with Crippen LogP contribution in [0.25, 0.3) is 0 Å². The molecular weight excluding hydrogens is 232 g/mol. The van der Waals surface area contributed by atoms with Gasteiger partial charge in [-0.25, -0.2) is 0 Å². The zero-order valence-corrected chi connectivity index (χ0v) is 11.6. The van der Waals surface area contributed by atoms with Crippen molar-refractivity contribution in [2.75, 3.05) is 19.6 Å². The number of fused-ring (bicyclic) bond motifs is 1. The lowest BCUT2D eigenvalue weighted by molar-refractivity contribution is 0.312. The van der Waals surface area contributed by atoms with E-state index in [1.54, 1.807) is 5.56 Å². The number of rotatable bonds is 3. The van der Waals surface area contributed by atoms with E-state index in [9.17, 15) is 0 Å². The van der Waals surface area contributed by atoms with E-state index in [-0.39, 0.29) is 0 Å². The third-order valence-corrected chi connectivity index (χ3v) is 5.08. The zero-order chi connectivity index (χ0) is 12.7. The Hall–Kier alpha value is -0.860. The average molecular weight is 256 g/mol. The van der Waals surface area contributed by atoms with Gasteiger partial charge in [0, 0.05) is 25.7 Å². The van der Waals surface area contributed by atoms with Crippen molar-refractivity contribution in [3.63, 3.8) is 0 Å². The number of likely N-dealkylation sites (tertiary alicyclic amines) is 1. The fourth-order valence-electron chi connectivity index (χ4n) is 3.89. The number of hydrogen-bond donors (Lipinski definition) is 1. The van der Waals surface area contributed by atoms with Crippen LogP contribution < -0.4 is 5.32 Å². The number of nitrogens with zero attached hydrogens (tertiary/aromatic N) is 1. The maximum atomic E-state index is 3.69. The maximum Gasteiger partial charge on any atom is 0.0235 e. The van der Waals surface area contributed by atoms with Crippen LogP contribution in [0.15, 0.2) is 24.3 Å².